The van der Waals surface area contributed by atoms with E-state index in [9.17, 15) is 9.59 Å². The van der Waals surface area contributed by atoms with Crippen molar-refractivity contribution in [3.05, 3.63) is 20.8 Å². The molecule has 2 unspecified atom stereocenters. The number of hydrogen-bond acceptors (Lipinski definition) is 3. The third-order valence-electron chi connectivity index (χ3n) is 3.68. The van der Waals surface area contributed by atoms with Crippen molar-refractivity contribution in [1.82, 2.24) is 5.32 Å². The molecule has 0 aliphatic heterocycles. The minimum absolute atomic E-state index is 0.145. The minimum Gasteiger partial charge on any atom is -0.481 e. The number of amides is 1. The smallest absolute Gasteiger partial charge is 0.307 e. The van der Waals surface area contributed by atoms with Gasteiger partial charge in [0.25, 0.3) is 0 Å². The van der Waals surface area contributed by atoms with Crippen LogP contribution in [0.4, 0.5) is 0 Å². The van der Waals surface area contributed by atoms with Gasteiger partial charge in [0.15, 0.2) is 0 Å². The Bertz CT molecular complexity index is 512. The maximum Gasteiger partial charge on any atom is 0.307 e. The predicted molar refractivity (Wildman–Crippen MR) is 77.1 cm³/mol. The van der Waals surface area contributed by atoms with E-state index in [-0.39, 0.29) is 5.91 Å². The first-order valence-electron chi connectivity index (χ1n) is 6.08. The highest BCUT2D eigenvalue weighted by atomic mass is 79.9. The molecule has 1 fully saturated rings. The molecular weight excluding hydrogens is 330 g/mol. The number of hydrogen-bond donors (Lipinski definition) is 2. The van der Waals surface area contributed by atoms with Gasteiger partial charge in [-0.15, -0.1) is 11.3 Å². The van der Waals surface area contributed by atoms with Gasteiger partial charge >= 0.3 is 5.97 Å². The number of halogens is 1. The van der Waals surface area contributed by atoms with Crippen molar-refractivity contribution in [2.75, 3.05) is 6.54 Å². The van der Waals surface area contributed by atoms with E-state index in [1.165, 1.54) is 4.88 Å². The predicted octanol–water partition coefficient (Wildman–Crippen LogP) is 2.53. The van der Waals surface area contributed by atoms with Crippen molar-refractivity contribution >= 4 is 39.1 Å². The van der Waals surface area contributed by atoms with E-state index < -0.39 is 23.2 Å². The Kier molecular flexibility index (Phi) is 4.01. The molecule has 1 aromatic rings. The van der Waals surface area contributed by atoms with Gasteiger partial charge in [0.05, 0.1) is 15.6 Å². The summed E-state index contributed by atoms with van der Waals surface area (Å²) in [7, 11) is 0. The number of carboxylic acids is 1. The van der Waals surface area contributed by atoms with Crippen molar-refractivity contribution in [2.45, 2.75) is 20.3 Å². The zero-order valence-electron chi connectivity index (χ0n) is 10.8. The summed E-state index contributed by atoms with van der Waals surface area (Å²) < 4.78 is 1.07. The standard InChI is InChI=1S/C13H16BrNO3S/c1-13(2)9(10(13)12(17)18)11(16)15-6-5-7-3-4-8(14)19-7/h3-4,9-10H,5-6H2,1-2H3,(H,15,16)(H,17,18). The minimum atomic E-state index is -0.882. The quantitative estimate of drug-likeness (QED) is 0.861. The van der Waals surface area contributed by atoms with Crippen LogP contribution in [0.1, 0.15) is 18.7 Å². The Balaban J connectivity index is 1.81. The summed E-state index contributed by atoms with van der Waals surface area (Å²) >= 11 is 5.03. The Morgan fingerprint density at radius 3 is 2.58 bits per heavy atom. The number of rotatable bonds is 5. The third-order valence-corrected chi connectivity index (χ3v) is 5.36. The molecular formula is C13H16BrNO3S. The second-order valence-corrected chi connectivity index (χ2v) is 7.91. The van der Waals surface area contributed by atoms with Gasteiger partial charge in [-0.2, -0.15) is 0 Å². The van der Waals surface area contributed by atoms with Crippen LogP contribution in [-0.4, -0.2) is 23.5 Å². The Hall–Kier alpha value is -0.880. The van der Waals surface area contributed by atoms with Crippen LogP contribution >= 0.6 is 27.3 Å². The van der Waals surface area contributed by atoms with Crippen LogP contribution in [0.3, 0.4) is 0 Å². The first-order chi connectivity index (χ1) is 8.84. The number of carbonyl (C=O) groups excluding carboxylic acids is 1. The fourth-order valence-electron chi connectivity index (χ4n) is 2.49. The maximum atomic E-state index is 12.0. The van der Waals surface area contributed by atoms with Gasteiger partial charge in [0.1, 0.15) is 0 Å². The fourth-order valence-corrected chi connectivity index (χ4v) is 3.98. The summed E-state index contributed by atoms with van der Waals surface area (Å²) in [4.78, 5) is 24.1. The lowest BCUT2D eigenvalue weighted by Crippen LogP contribution is -2.29. The average Bonchev–Trinajstić information content (AvgIpc) is 2.65. The summed E-state index contributed by atoms with van der Waals surface area (Å²) in [5.74, 6) is -1.98. The van der Waals surface area contributed by atoms with Crippen molar-refractivity contribution in [3.63, 3.8) is 0 Å². The van der Waals surface area contributed by atoms with Crippen LogP contribution in [0.2, 0.25) is 0 Å². The highest BCUT2D eigenvalue weighted by molar-refractivity contribution is 9.11. The van der Waals surface area contributed by atoms with Crippen LogP contribution < -0.4 is 5.32 Å². The van der Waals surface area contributed by atoms with Crippen molar-refractivity contribution in [2.24, 2.45) is 17.3 Å². The van der Waals surface area contributed by atoms with Gasteiger partial charge < -0.3 is 10.4 Å². The van der Waals surface area contributed by atoms with Crippen molar-refractivity contribution < 1.29 is 14.7 Å². The molecule has 2 atom stereocenters. The molecule has 0 aromatic carbocycles. The Labute approximate surface area is 124 Å². The lowest BCUT2D eigenvalue weighted by Gasteiger charge is -2.05. The zero-order chi connectivity index (χ0) is 14.2. The second kappa shape index (κ2) is 5.25. The summed E-state index contributed by atoms with van der Waals surface area (Å²) in [6.07, 6.45) is 0.771. The summed E-state index contributed by atoms with van der Waals surface area (Å²) in [5.41, 5.74) is -0.429. The van der Waals surface area contributed by atoms with E-state index >= 15 is 0 Å². The average molecular weight is 346 g/mol. The van der Waals surface area contributed by atoms with Gasteiger partial charge in [-0.05, 0) is 39.9 Å². The van der Waals surface area contributed by atoms with Gasteiger partial charge in [0.2, 0.25) is 5.91 Å². The van der Waals surface area contributed by atoms with Crippen LogP contribution in [0.25, 0.3) is 0 Å². The monoisotopic (exact) mass is 345 g/mol. The third kappa shape index (κ3) is 3.00. The van der Waals surface area contributed by atoms with Gasteiger partial charge in [0, 0.05) is 11.4 Å². The number of carbonyl (C=O) groups is 2. The molecule has 1 saturated carbocycles. The molecule has 2 rings (SSSR count). The van der Waals surface area contributed by atoms with E-state index in [4.69, 9.17) is 5.11 Å². The summed E-state index contributed by atoms with van der Waals surface area (Å²) in [5, 5.41) is 11.9. The Morgan fingerprint density at radius 1 is 1.42 bits per heavy atom. The SMILES string of the molecule is CC1(C)C(C(=O)O)C1C(=O)NCCc1ccc(Br)s1. The van der Waals surface area contributed by atoms with Crippen LogP contribution in [0.5, 0.6) is 0 Å². The van der Waals surface area contributed by atoms with E-state index in [1.807, 2.05) is 26.0 Å². The molecule has 1 amide bonds. The number of nitrogens with one attached hydrogen (secondary N) is 1. The number of aliphatic carboxylic acids is 1. The lowest BCUT2D eigenvalue weighted by molar-refractivity contribution is -0.140. The molecule has 104 valence electrons. The molecule has 4 nitrogen and oxygen atoms in total. The van der Waals surface area contributed by atoms with Gasteiger partial charge in [-0.3, -0.25) is 9.59 Å². The van der Waals surface area contributed by atoms with Crippen molar-refractivity contribution in [1.29, 1.82) is 0 Å². The molecule has 0 spiro atoms. The zero-order valence-corrected chi connectivity index (χ0v) is 13.2. The van der Waals surface area contributed by atoms with E-state index in [1.54, 1.807) is 11.3 Å². The highest BCUT2D eigenvalue weighted by Gasteiger charge is 2.65. The molecule has 0 saturated heterocycles. The lowest BCUT2D eigenvalue weighted by atomic mass is 10.1. The summed E-state index contributed by atoms with van der Waals surface area (Å²) in [6, 6.07) is 3.99. The largest absolute Gasteiger partial charge is 0.481 e. The molecule has 2 N–H and O–H groups in total. The summed E-state index contributed by atoms with van der Waals surface area (Å²) in [6.45, 7) is 4.20. The Morgan fingerprint density at radius 2 is 2.11 bits per heavy atom. The van der Waals surface area contributed by atoms with E-state index in [0.29, 0.717) is 6.54 Å². The molecule has 0 radical (unpaired) electrons. The molecule has 0 bridgehead atoms. The van der Waals surface area contributed by atoms with E-state index in [0.717, 1.165) is 10.2 Å². The first-order valence-corrected chi connectivity index (χ1v) is 7.69. The molecule has 6 heteroatoms. The molecule has 1 aromatic heterocycles. The second-order valence-electron chi connectivity index (χ2n) is 5.36. The maximum absolute atomic E-state index is 12.0. The van der Waals surface area contributed by atoms with Crippen LogP contribution in [0.15, 0.2) is 15.9 Å². The topological polar surface area (TPSA) is 66.4 Å². The number of thiophene rings is 1. The van der Waals surface area contributed by atoms with Crippen LogP contribution in [0, 0.1) is 17.3 Å². The normalized spacial score (nSPS) is 23.9. The van der Waals surface area contributed by atoms with Gasteiger partial charge in [-0.25, -0.2) is 0 Å². The van der Waals surface area contributed by atoms with Crippen molar-refractivity contribution in [3.8, 4) is 0 Å². The molecule has 1 aliphatic carbocycles. The molecule has 19 heavy (non-hydrogen) atoms. The highest BCUT2D eigenvalue weighted by Crippen LogP contribution is 2.58. The van der Waals surface area contributed by atoms with E-state index in [2.05, 4.69) is 21.2 Å². The number of carboxylic acid groups (broad SMARTS) is 1. The molecule has 1 heterocycles. The molecule has 1 aliphatic rings. The first kappa shape index (κ1) is 14.5. The fraction of sp³-hybridized carbons (Fsp3) is 0.538. The van der Waals surface area contributed by atoms with Gasteiger partial charge in [-0.1, -0.05) is 13.8 Å². The van der Waals surface area contributed by atoms with Crippen LogP contribution in [-0.2, 0) is 16.0 Å².